The molecule has 0 spiro atoms. The third-order valence-corrected chi connectivity index (χ3v) is 4.71. The lowest BCUT2D eigenvalue weighted by molar-refractivity contribution is 0.102. The molecule has 0 unspecified atom stereocenters. The fraction of sp³-hybridized carbons (Fsp3) is 0.240. The number of nitrogens with one attached hydrogen (secondary N) is 1. The Labute approximate surface area is 172 Å². The van der Waals surface area contributed by atoms with Crippen LogP contribution in [0, 0.1) is 0 Å². The van der Waals surface area contributed by atoms with E-state index in [2.05, 4.69) is 24.4 Å². The van der Waals surface area contributed by atoms with Gasteiger partial charge < -0.3 is 14.8 Å². The average Bonchev–Trinajstić information content (AvgIpc) is 2.77. The maximum Gasteiger partial charge on any atom is 0.255 e. The van der Waals surface area contributed by atoms with E-state index in [0.29, 0.717) is 17.9 Å². The molecule has 0 heterocycles. The van der Waals surface area contributed by atoms with Crippen LogP contribution in [0.4, 0.5) is 5.69 Å². The molecule has 3 rings (SSSR count). The zero-order chi connectivity index (χ0) is 20.5. The Morgan fingerprint density at radius 1 is 0.966 bits per heavy atom. The molecule has 1 N–H and O–H groups in total. The predicted molar refractivity (Wildman–Crippen MR) is 117 cm³/mol. The second kappa shape index (κ2) is 10.3. The molecule has 0 atom stereocenters. The van der Waals surface area contributed by atoms with Gasteiger partial charge in [-0.15, -0.1) is 0 Å². The molecule has 0 saturated carbocycles. The van der Waals surface area contributed by atoms with Crippen LogP contribution in [0.2, 0.25) is 0 Å². The highest BCUT2D eigenvalue weighted by Gasteiger charge is 2.11. The van der Waals surface area contributed by atoms with Gasteiger partial charge in [-0.05, 0) is 60.9 Å². The standard InChI is InChI=1S/C25H27NO3/c1-3-4-8-19-11-14-22(15-12-19)26-25(27)20-13-16-24(28-2)21(17-20)18-29-23-9-6-5-7-10-23/h5-7,9-17H,3-4,8,18H2,1-2H3,(H,26,27). The van der Waals surface area contributed by atoms with Crippen LogP contribution in [0.15, 0.2) is 72.8 Å². The summed E-state index contributed by atoms with van der Waals surface area (Å²) in [7, 11) is 1.61. The molecule has 3 aromatic rings. The molecular weight excluding hydrogens is 362 g/mol. The van der Waals surface area contributed by atoms with E-state index in [0.717, 1.165) is 23.4 Å². The molecule has 4 nitrogen and oxygen atoms in total. The first-order valence-electron chi connectivity index (χ1n) is 9.94. The van der Waals surface area contributed by atoms with Crippen LogP contribution in [0.3, 0.4) is 0 Å². The second-order valence-electron chi connectivity index (χ2n) is 6.88. The predicted octanol–water partition coefficient (Wildman–Crippen LogP) is 5.87. The Bertz CT molecular complexity index is 921. The number of amides is 1. The number of ether oxygens (including phenoxy) is 2. The summed E-state index contributed by atoms with van der Waals surface area (Å²) >= 11 is 0. The molecule has 0 aliphatic heterocycles. The summed E-state index contributed by atoms with van der Waals surface area (Å²) in [4.78, 5) is 12.7. The molecule has 0 aliphatic rings. The molecule has 0 aliphatic carbocycles. The van der Waals surface area contributed by atoms with Crippen molar-refractivity contribution in [2.75, 3.05) is 12.4 Å². The summed E-state index contributed by atoms with van der Waals surface area (Å²) in [6.45, 7) is 2.50. The lowest BCUT2D eigenvalue weighted by atomic mass is 10.1. The summed E-state index contributed by atoms with van der Waals surface area (Å²) in [5.74, 6) is 1.31. The van der Waals surface area contributed by atoms with Gasteiger partial charge in [-0.25, -0.2) is 0 Å². The van der Waals surface area contributed by atoms with Gasteiger partial charge in [0.25, 0.3) is 5.91 Å². The number of carbonyl (C=O) groups excluding carboxylic acids is 1. The van der Waals surface area contributed by atoms with Crippen LogP contribution in [0.25, 0.3) is 0 Å². The van der Waals surface area contributed by atoms with Crippen molar-refractivity contribution < 1.29 is 14.3 Å². The van der Waals surface area contributed by atoms with E-state index < -0.39 is 0 Å². The normalized spacial score (nSPS) is 10.4. The number of hydrogen-bond acceptors (Lipinski definition) is 3. The topological polar surface area (TPSA) is 47.6 Å². The Balaban J connectivity index is 1.68. The van der Waals surface area contributed by atoms with Gasteiger partial charge in [0.15, 0.2) is 0 Å². The molecule has 0 radical (unpaired) electrons. The summed E-state index contributed by atoms with van der Waals surface area (Å²) in [5.41, 5.74) is 3.45. The van der Waals surface area contributed by atoms with Gasteiger partial charge in [0, 0.05) is 16.8 Å². The third kappa shape index (κ3) is 5.85. The minimum atomic E-state index is -0.157. The summed E-state index contributed by atoms with van der Waals surface area (Å²) < 4.78 is 11.2. The first-order valence-corrected chi connectivity index (χ1v) is 9.94. The lowest BCUT2D eigenvalue weighted by Crippen LogP contribution is -2.13. The van der Waals surface area contributed by atoms with E-state index in [-0.39, 0.29) is 5.91 Å². The van der Waals surface area contributed by atoms with Crippen molar-refractivity contribution in [1.29, 1.82) is 0 Å². The molecule has 0 bridgehead atoms. The van der Waals surface area contributed by atoms with Crippen LogP contribution < -0.4 is 14.8 Å². The van der Waals surface area contributed by atoms with E-state index in [1.165, 1.54) is 18.4 Å². The first-order chi connectivity index (χ1) is 14.2. The van der Waals surface area contributed by atoms with Crippen molar-refractivity contribution in [2.24, 2.45) is 0 Å². The van der Waals surface area contributed by atoms with Crippen LogP contribution in [-0.4, -0.2) is 13.0 Å². The summed E-state index contributed by atoms with van der Waals surface area (Å²) in [6, 6.07) is 23.0. The number of rotatable bonds is 9. The van der Waals surface area contributed by atoms with Gasteiger partial charge >= 0.3 is 0 Å². The average molecular weight is 389 g/mol. The SMILES string of the molecule is CCCCc1ccc(NC(=O)c2ccc(OC)c(COc3ccccc3)c2)cc1. The van der Waals surface area contributed by atoms with Crippen LogP contribution >= 0.6 is 0 Å². The largest absolute Gasteiger partial charge is 0.496 e. The molecule has 150 valence electrons. The number of carbonyl (C=O) groups is 1. The molecule has 0 saturated heterocycles. The number of methoxy groups -OCH3 is 1. The molecule has 0 aromatic heterocycles. The van der Waals surface area contributed by atoms with E-state index in [1.807, 2.05) is 48.5 Å². The maximum absolute atomic E-state index is 12.7. The molecule has 0 fully saturated rings. The van der Waals surface area contributed by atoms with E-state index >= 15 is 0 Å². The number of unbranched alkanes of at least 4 members (excludes halogenated alkanes) is 1. The lowest BCUT2D eigenvalue weighted by Gasteiger charge is -2.12. The van der Waals surface area contributed by atoms with Gasteiger partial charge in [-0.3, -0.25) is 4.79 Å². The Hall–Kier alpha value is -3.27. The van der Waals surface area contributed by atoms with E-state index in [9.17, 15) is 4.79 Å². The smallest absolute Gasteiger partial charge is 0.255 e. The molecular formula is C25H27NO3. The fourth-order valence-electron chi connectivity index (χ4n) is 3.05. The highest BCUT2D eigenvalue weighted by atomic mass is 16.5. The fourth-order valence-corrected chi connectivity index (χ4v) is 3.05. The van der Waals surface area contributed by atoms with E-state index in [1.54, 1.807) is 19.2 Å². The third-order valence-electron chi connectivity index (χ3n) is 4.71. The number of aryl methyl sites for hydroxylation is 1. The summed E-state index contributed by atoms with van der Waals surface area (Å²) in [6.07, 6.45) is 3.41. The van der Waals surface area contributed by atoms with Crippen molar-refractivity contribution in [1.82, 2.24) is 0 Å². The van der Waals surface area contributed by atoms with Gasteiger partial charge in [0.05, 0.1) is 7.11 Å². The molecule has 1 amide bonds. The summed E-state index contributed by atoms with van der Waals surface area (Å²) in [5, 5.41) is 2.96. The first kappa shape index (κ1) is 20.5. The molecule has 4 heteroatoms. The van der Waals surface area contributed by atoms with Crippen molar-refractivity contribution in [3.8, 4) is 11.5 Å². The zero-order valence-corrected chi connectivity index (χ0v) is 17.0. The van der Waals surface area contributed by atoms with Crippen molar-refractivity contribution in [2.45, 2.75) is 32.8 Å². The zero-order valence-electron chi connectivity index (χ0n) is 17.0. The molecule has 3 aromatic carbocycles. The van der Waals surface area contributed by atoms with Gasteiger partial charge in [0.1, 0.15) is 18.1 Å². The highest BCUT2D eigenvalue weighted by Crippen LogP contribution is 2.23. The maximum atomic E-state index is 12.7. The number of para-hydroxylation sites is 1. The van der Waals surface area contributed by atoms with Crippen LogP contribution in [-0.2, 0) is 13.0 Å². The van der Waals surface area contributed by atoms with Crippen molar-refractivity contribution >= 4 is 11.6 Å². The monoisotopic (exact) mass is 389 g/mol. The number of benzene rings is 3. The second-order valence-corrected chi connectivity index (χ2v) is 6.88. The Kier molecular flexibility index (Phi) is 7.28. The highest BCUT2D eigenvalue weighted by molar-refractivity contribution is 6.04. The Morgan fingerprint density at radius 2 is 1.72 bits per heavy atom. The van der Waals surface area contributed by atoms with E-state index in [4.69, 9.17) is 9.47 Å². The van der Waals surface area contributed by atoms with Crippen LogP contribution in [0.1, 0.15) is 41.3 Å². The minimum Gasteiger partial charge on any atom is -0.496 e. The minimum absolute atomic E-state index is 0.157. The van der Waals surface area contributed by atoms with Crippen molar-refractivity contribution in [3.05, 3.63) is 89.5 Å². The molecule has 29 heavy (non-hydrogen) atoms. The van der Waals surface area contributed by atoms with Crippen LogP contribution in [0.5, 0.6) is 11.5 Å². The quantitative estimate of drug-likeness (QED) is 0.498. The van der Waals surface area contributed by atoms with Crippen molar-refractivity contribution in [3.63, 3.8) is 0 Å². The van der Waals surface area contributed by atoms with Gasteiger partial charge in [-0.2, -0.15) is 0 Å². The number of hydrogen-bond donors (Lipinski definition) is 1. The van der Waals surface area contributed by atoms with Gasteiger partial charge in [-0.1, -0.05) is 43.7 Å². The van der Waals surface area contributed by atoms with Gasteiger partial charge in [0.2, 0.25) is 0 Å². The Morgan fingerprint density at radius 3 is 2.41 bits per heavy atom. The number of anilines is 1.